The van der Waals surface area contributed by atoms with Crippen LogP contribution in [0.25, 0.3) is 0 Å². The first-order chi connectivity index (χ1) is 8.83. The van der Waals surface area contributed by atoms with Crippen LogP contribution < -0.4 is 0 Å². The second-order valence-corrected chi connectivity index (χ2v) is 6.16. The number of piperidine rings is 1. The molecule has 19 heavy (non-hydrogen) atoms. The zero-order chi connectivity index (χ0) is 13.8. The molecule has 2 atom stereocenters. The highest BCUT2D eigenvalue weighted by Crippen LogP contribution is 2.59. The fraction of sp³-hybridized carbons (Fsp3) is 0.600. The van der Waals surface area contributed by atoms with Crippen LogP contribution in [0, 0.1) is 5.92 Å². The third-order valence-electron chi connectivity index (χ3n) is 4.69. The predicted molar refractivity (Wildman–Crippen MR) is 67.9 cm³/mol. The van der Waals surface area contributed by atoms with Gasteiger partial charge in [0.25, 0.3) is 0 Å². The maximum atomic E-state index is 12.6. The van der Waals surface area contributed by atoms with E-state index in [0.29, 0.717) is 12.0 Å². The third kappa shape index (κ3) is 2.06. The van der Waals surface area contributed by atoms with E-state index in [9.17, 15) is 13.2 Å². The fourth-order valence-electron chi connectivity index (χ4n) is 3.35. The Morgan fingerprint density at radius 2 is 1.84 bits per heavy atom. The Kier molecular flexibility index (Phi) is 2.72. The number of likely N-dealkylation sites (tertiary alicyclic amines) is 1. The van der Waals surface area contributed by atoms with Crippen molar-refractivity contribution in [3.63, 3.8) is 0 Å². The van der Waals surface area contributed by atoms with Gasteiger partial charge in [-0.15, -0.1) is 0 Å². The Bertz CT molecular complexity index is 477. The summed E-state index contributed by atoms with van der Waals surface area (Å²) >= 11 is 0. The quantitative estimate of drug-likeness (QED) is 0.791. The van der Waals surface area contributed by atoms with Crippen LogP contribution in [-0.2, 0) is 11.6 Å². The second-order valence-electron chi connectivity index (χ2n) is 6.16. The van der Waals surface area contributed by atoms with Crippen LogP contribution in [0.3, 0.4) is 0 Å². The van der Waals surface area contributed by atoms with Gasteiger partial charge >= 0.3 is 6.18 Å². The van der Waals surface area contributed by atoms with E-state index in [4.69, 9.17) is 0 Å². The van der Waals surface area contributed by atoms with E-state index in [-0.39, 0.29) is 5.41 Å². The molecule has 3 rings (SSSR count). The summed E-state index contributed by atoms with van der Waals surface area (Å²) in [7, 11) is 0. The van der Waals surface area contributed by atoms with Crippen LogP contribution >= 0.6 is 0 Å². The van der Waals surface area contributed by atoms with Crippen LogP contribution in [-0.4, -0.2) is 24.0 Å². The molecule has 0 aromatic heterocycles. The van der Waals surface area contributed by atoms with E-state index >= 15 is 0 Å². The molecule has 0 N–H and O–H groups in total. The zero-order valence-corrected chi connectivity index (χ0v) is 11.2. The summed E-state index contributed by atoms with van der Waals surface area (Å²) in [6, 6.07) is 6.30. The van der Waals surface area contributed by atoms with E-state index in [1.807, 2.05) is 0 Å². The van der Waals surface area contributed by atoms with E-state index in [0.717, 1.165) is 25.1 Å². The highest BCUT2D eigenvalue weighted by Gasteiger charge is 2.60. The first-order valence-corrected chi connectivity index (χ1v) is 6.75. The lowest BCUT2D eigenvalue weighted by atomic mass is 9.94. The lowest BCUT2D eigenvalue weighted by Crippen LogP contribution is -2.32. The smallest absolute Gasteiger partial charge is 0.300 e. The first kappa shape index (κ1) is 13.0. The van der Waals surface area contributed by atoms with Crippen molar-refractivity contribution in [2.75, 3.05) is 13.1 Å². The highest BCUT2D eigenvalue weighted by atomic mass is 19.4. The Hall–Kier alpha value is -1.03. The lowest BCUT2D eigenvalue weighted by molar-refractivity contribution is -0.137. The van der Waals surface area contributed by atoms with Gasteiger partial charge < -0.3 is 0 Å². The van der Waals surface area contributed by atoms with Crippen LogP contribution in [0.1, 0.15) is 31.4 Å². The van der Waals surface area contributed by atoms with Crippen LogP contribution in [0.4, 0.5) is 13.2 Å². The van der Waals surface area contributed by atoms with E-state index in [1.54, 1.807) is 12.1 Å². The molecule has 1 aromatic carbocycles. The molecule has 1 aromatic rings. The third-order valence-corrected chi connectivity index (χ3v) is 4.69. The van der Waals surface area contributed by atoms with Crippen molar-refractivity contribution in [2.45, 2.75) is 37.9 Å². The molecular weight excluding hydrogens is 251 g/mol. The highest BCUT2D eigenvalue weighted by molar-refractivity contribution is 5.39. The van der Waals surface area contributed by atoms with E-state index < -0.39 is 11.7 Å². The van der Waals surface area contributed by atoms with Gasteiger partial charge in [0.05, 0.1) is 5.56 Å². The molecule has 0 radical (unpaired) electrons. The average molecular weight is 269 g/mol. The molecular formula is C15H18F3N. The van der Waals surface area contributed by atoms with Crippen molar-refractivity contribution in [3.8, 4) is 0 Å². The maximum Gasteiger partial charge on any atom is 0.416 e. The number of benzene rings is 1. The number of rotatable bonds is 2. The minimum absolute atomic E-state index is 0.133. The summed E-state index contributed by atoms with van der Waals surface area (Å²) in [5, 5.41) is 0. The molecule has 1 saturated heterocycles. The summed E-state index contributed by atoms with van der Waals surface area (Å²) in [5.41, 5.74) is 0.659. The van der Waals surface area contributed by atoms with Crippen molar-refractivity contribution in [1.29, 1.82) is 0 Å². The van der Waals surface area contributed by atoms with Gasteiger partial charge in [-0.3, -0.25) is 4.90 Å². The van der Waals surface area contributed by atoms with Gasteiger partial charge in [-0.25, -0.2) is 0 Å². The topological polar surface area (TPSA) is 3.24 Å². The monoisotopic (exact) mass is 269 g/mol. The van der Waals surface area contributed by atoms with Crippen LogP contribution in [0.5, 0.6) is 0 Å². The average Bonchev–Trinajstić information content (AvgIpc) is 2.91. The molecule has 4 heteroatoms. The lowest BCUT2D eigenvalue weighted by Gasteiger charge is -2.24. The Balaban J connectivity index is 1.81. The summed E-state index contributed by atoms with van der Waals surface area (Å²) in [6.07, 6.45) is -3.11. The molecule has 2 unspecified atom stereocenters. The standard InChI is InChI=1S/C15H18F3N/c1-10(2)19-8-13-7-14(13,9-19)11-3-5-12(6-4-11)15(16,17)18/h3-6,10,13H,7-9H2,1-2H3. The number of halogens is 3. The van der Waals surface area contributed by atoms with E-state index in [2.05, 4.69) is 18.7 Å². The molecule has 1 aliphatic heterocycles. The van der Waals surface area contributed by atoms with Crippen molar-refractivity contribution in [3.05, 3.63) is 35.4 Å². The van der Waals surface area contributed by atoms with Gasteiger partial charge in [0.15, 0.2) is 0 Å². The Morgan fingerprint density at radius 1 is 1.21 bits per heavy atom. The van der Waals surface area contributed by atoms with Gasteiger partial charge in [0, 0.05) is 24.5 Å². The van der Waals surface area contributed by atoms with E-state index in [1.165, 1.54) is 12.1 Å². The predicted octanol–water partition coefficient (Wildman–Crippen LogP) is 3.69. The number of fused-ring (bicyclic) bond motifs is 1. The molecule has 1 saturated carbocycles. The summed E-state index contributed by atoms with van der Waals surface area (Å²) < 4.78 is 37.7. The maximum absolute atomic E-state index is 12.6. The molecule has 0 amide bonds. The molecule has 0 spiro atoms. The molecule has 0 bridgehead atoms. The van der Waals surface area contributed by atoms with Gasteiger partial charge in [-0.2, -0.15) is 13.2 Å². The first-order valence-electron chi connectivity index (χ1n) is 6.75. The number of alkyl halides is 3. The molecule has 2 fully saturated rings. The molecule has 1 heterocycles. The normalized spacial score (nSPS) is 30.7. The van der Waals surface area contributed by atoms with Crippen LogP contribution in [0.2, 0.25) is 0 Å². The second kappa shape index (κ2) is 3.98. The fourth-order valence-corrected chi connectivity index (χ4v) is 3.35. The minimum Gasteiger partial charge on any atom is -0.300 e. The number of hydrogen-bond donors (Lipinski definition) is 0. The van der Waals surface area contributed by atoms with Crippen molar-refractivity contribution in [1.82, 2.24) is 4.90 Å². The molecule has 2 aliphatic rings. The van der Waals surface area contributed by atoms with Crippen LogP contribution in [0.15, 0.2) is 24.3 Å². The summed E-state index contributed by atoms with van der Waals surface area (Å²) in [4.78, 5) is 2.42. The zero-order valence-electron chi connectivity index (χ0n) is 11.2. The number of nitrogens with zero attached hydrogens (tertiary/aromatic N) is 1. The Morgan fingerprint density at radius 3 is 2.32 bits per heavy atom. The van der Waals surface area contributed by atoms with Crippen molar-refractivity contribution in [2.24, 2.45) is 5.92 Å². The van der Waals surface area contributed by atoms with Gasteiger partial charge in [-0.1, -0.05) is 12.1 Å². The van der Waals surface area contributed by atoms with Gasteiger partial charge in [0.1, 0.15) is 0 Å². The largest absolute Gasteiger partial charge is 0.416 e. The number of hydrogen-bond acceptors (Lipinski definition) is 1. The van der Waals surface area contributed by atoms with Gasteiger partial charge in [-0.05, 0) is 43.9 Å². The minimum atomic E-state index is -4.24. The Labute approximate surface area is 111 Å². The SMILES string of the molecule is CC(C)N1CC2CC2(c2ccc(C(F)(F)F)cc2)C1. The summed E-state index contributed by atoms with van der Waals surface area (Å²) in [6.45, 7) is 6.41. The summed E-state index contributed by atoms with van der Waals surface area (Å²) in [5.74, 6) is 0.631. The van der Waals surface area contributed by atoms with Crippen molar-refractivity contribution >= 4 is 0 Å². The molecule has 104 valence electrons. The molecule has 1 nitrogen and oxygen atoms in total. The van der Waals surface area contributed by atoms with Crippen molar-refractivity contribution < 1.29 is 13.2 Å². The molecule has 1 aliphatic carbocycles. The van der Waals surface area contributed by atoms with Gasteiger partial charge in [0.2, 0.25) is 0 Å².